The van der Waals surface area contributed by atoms with Gasteiger partial charge in [-0.15, -0.1) is 5.10 Å². The van der Waals surface area contributed by atoms with Crippen molar-refractivity contribution >= 4 is 0 Å². The molecule has 0 aliphatic heterocycles. The maximum atomic E-state index is 12.7. The van der Waals surface area contributed by atoms with Crippen LogP contribution in [0, 0.1) is 5.82 Å². The Balaban J connectivity index is 2.25. The van der Waals surface area contributed by atoms with Gasteiger partial charge in [0.15, 0.2) is 0 Å². The molecule has 0 aliphatic carbocycles. The van der Waals surface area contributed by atoms with Gasteiger partial charge in [-0.1, -0.05) is 0 Å². The fraction of sp³-hybridized carbons (Fsp3) is 0.182. The molecule has 1 heterocycles. The first-order chi connectivity index (χ1) is 7.29. The predicted molar refractivity (Wildman–Crippen MR) is 54.7 cm³/mol. The summed E-state index contributed by atoms with van der Waals surface area (Å²) in [7, 11) is 0. The highest BCUT2D eigenvalue weighted by atomic mass is 19.1. The zero-order valence-electron chi connectivity index (χ0n) is 8.35. The van der Waals surface area contributed by atoms with Crippen molar-refractivity contribution < 1.29 is 9.13 Å². The van der Waals surface area contributed by atoms with Crippen molar-refractivity contribution in [1.29, 1.82) is 0 Å². The molecule has 1 aromatic carbocycles. The molecular formula is C11H11FN2O. The molecule has 78 valence electrons. The second-order valence-corrected chi connectivity index (χ2v) is 3.01. The van der Waals surface area contributed by atoms with Crippen LogP contribution in [0.25, 0.3) is 5.69 Å². The summed E-state index contributed by atoms with van der Waals surface area (Å²) in [4.78, 5) is 0. The number of hydrogen-bond donors (Lipinski definition) is 0. The van der Waals surface area contributed by atoms with Crippen molar-refractivity contribution in [3.8, 4) is 11.6 Å². The van der Waals surface area contributed by atoms with Crippen LogP contribution in [-0.4, -0.2) is 16.4 Å². The van der Waals surface area contributed by atoms with E-state index in [0.29, 0.717) is 12.5 Å². The molecule has 0 spiro atoms. The largest absolute Gasteiger partial charge is 0.477 e. The van der Waals surface area contributed by atoms with Crippen molar-refractivity contribution in [2.45, 2.75) is 6.92 Å². The fourth-order valence-electron chi connectivity index (χ4n) is 1.27. The van der Waals surface area contributed by atoms with E-state index in [1.807, 2.05) is 6.92 Å². The van der Waals surface area contributed by atoms with Gasteiger partial charge in [0.25, 0.3) is 0 Å². The van der Waals surface area contributed by atoms with Crippen molar-refractivity contribution in [2.24, 2.45) is 0 Å². The van der Waals surface area contributed by atoms with Gasteiger partial charge in [-0.3, -0.25) is 0 Å². The molecule has 3 nitrogen and oxygen atoms in total. The van der Waals surface area contributed by atoms with Gasteiger partial charge in [-0.05, 0) is 31.2 Å². The number of halogens is 1. The van der Waals surface area contributed by atoms with E-state index in [1.165, 1.54) is 12.1 Å². The molecule has 0 unspecified atom stereocenters. The minimum Gasteiger partial charge on any atom is -0.477 e. The molecule has 0 aliphatic rings. The summed E-state index contributed by atoms with van der Waals surface area (Å²) in [5.74, 6) is 0.317. The lowest BCUT2D eigenvalue weighted by molar-refractivity contribution is 0.324. The van der Waals surface area contributed by atoms with Crippen LogP contribution in [0.15, 0.2) is 36.5 Å². The first-order valence-corrected chi connectivity index (χ1v) is 4.74. The van der Waals surface area contributed by atoms with Gasteiger partial charge < -0.3 is 4.74 Å². The molecule has 0 saturated heterocycles. The van der Waals surface area contributed by atoms with Crippen LogP contribution in [-0.2, 0) is 0 Å². The highest BCUT2D eigenvalue weighted by Gasteiger charge is 2.00. The molecule has 0 N–H and O–H groups in total. The maximum absolute atomic E-state index is 12.7. The molecule has 2 aromatic rings. The second kappa shape index (κ2) is 4.13. The third-order valence-electron chi connectivity index (χ3n) is 1.95. The van der Waals surface area contributed by atoms with E-state index in [9.17, 15) is 4.39 Å². The van der Waals surface area contributed by atoms with E-state index in [0.717, 1.165) is 5.69 Å². The zero-order chi connectivity index (χ0) is 10.7. The van der Waals surface area contributed by atoms with Crippen LogP contribution in [0.5, 0.6) is 5.88 Å². The van der Waals surface area contributed by atoms with Gasteiger partial charge in [0.1, 0.15) is 5.82 Å². The summed E-state index contributed by atoms with van der Waals surface area (Å²) in [5.41, 5.74) is 0.808. The Hall–Kier alpha value is -1.84. The van der Waals surface area contributed by atoms with Crippen LogP contribution in [0.1, 0.15) is 6.92 Å². The molecule has 0 bridgehead atoms. The lowest BCUT2D eigenvalue weighted by Gasteiger charge is -2.00. The molecular weight excluding hydrogens is 195 g/mol. The van der Waals surface area contributed by atoms with Gasteiger partial charge >= 0.3 is 0 Å². The highest BCUT2D eigenvalue weighted by molar-refractivity contribution is 5.31. The third kappa shape index (κ3) is 2.15. The Bertz CT molecular complexity index is 436. The number of rotatable bonds is 3. The number of aromatic nitrogens is 2. The van der Waals surface area contributed by atoms with Gasteiger partial charge in [0, 0.05) is 12.3 Å². The van der Waals surface area contributed by atoms with Crippen LogP contribution < -0.4 is 4.74 Å². The molecule has 0 saturated carbocycles. The van der Waals surface area contributed by atoms with Gasteiger partial charge in [-0.2, -0.15) is 0 Å². The molecule has 4 heteroatoms. The van der Waals surface area contributed by atoms with E-state index in [-0.39, 0.29) is 5.82 Å². The summed E-state index contributed by atoms with van der Waals surface area (Å²) in [6, 6.07) is 7.90. The van der Waals surface area contributed by atoms with Gasteiger partial charge in [0.05, 0.1) is 12.3 Å². The molecule has 0 amide bonds. The average molecular weight is 206 g/mol. The second-order valence-electron chi connectivity index (χ2n) is 3.01. The molecule has 0 fully saturated rings. The monoisotopic (exact) mass is 206 g/mol. The Morgan fingerprint density at radius 1 is 1.27 bits per heavy atom. The summed E-state index contributed by atoms with van der Waals surface area (Å²) < 4.78 is 19.5. The SMILES string of the molecule is CCOc1ccn(-c2ccc(F)cc2)n1. The Morgan fingerprint density at radius 2 is 2.00 bits per heavy atom. The minimum absolute atomic E-state index is 0.254. The zero-order valence-corrected chi connectivity index (χ0v) is 8.35. The van der Waals surface area contributed by atoms with E-state index in [4.69, 9.17) is 4.74 Å². The average Bonchev–Trinajstić information content (AvgIpc) is 2.68. The number of hydrogen-bond acceptors (Lipinski definition) is 2. The highest BCUT2D eigenvalue weighted by Crippen LogP contribution is 2.12. The third-order valence-corrected chi connectivity index (χ3v) is 1.95. The lowest BCUT2D eigenvalue weighted by atomic mass is 10.3. The number of benzene rings is 1. The van der Waals surface area contributed by atoms with E-state index < -0.39 is 0 Å². The Labute approximate surface area is 87.1 Å². The first-order valence-electron chi connectivity index (χ1n) is 4.74. The Morgan fingerprint density at radius 3 is 2.67 bits per heavy atom. The van der Waals surface area contributed by atoms with E-state index in [1.54, 1.807) is 29.1 Å². The molecule has 1 aromatic heterocycles. The minimum atomic E-state index is -0.254. The predicted octanol–water partition coefficient (Wildman–Crippen LogP) is 2.41. The standard InChI is InChI=1S/C11H11FN2O/c1-2-15-11-7-8-14(13-11)10-5-3-9(12)4-6-10/h3-8H,2H2,1H3. The molecule has 2 rings (SSSR count). The van der Waals surface area contributed by atoms with Crippen molar-refractivity contribution in [1.82, 2.24) is 9.78 Å². The summed E-state index contributed by atoms with van der Waals surface area (Å²) in [6.07, 6.45) is 1.78. The van der Waals surface area contributed by atoms with Crippen LogP contribution in [0.4, 0.5) is 4.39 Å². The summed E-state index contributed by atoms with van der Waals surface area (Å²) in [6.45, 7) is 2.48. The van der Waals surface area contributed by atoms with E-state index in [2.05, 4.69) is 5.10 Å². The quantitative estimate of drug-likeness (QED) is 0.771. The van der Waals surface area contributed by atoms with Crippen molar-refractivity contribution in [3.63, 3.8) is 0 Å². The van der Waals surface area contributed by atoms with Crippen LogP contribution in [0.3, 0.4) is 0 Å². The van der Waals surface area contributed by atoms with Gasteiger partial charge in [0.2, 0.25) is 5.88 Å². The fourth-order valence-corrected chi connectivity index (χ4v) is 1.27. The van der Waals surface area contributed by atoms with Crippen LogP contribution in [0.2, 0.25) is 0 Å². The Kier molecular flexibility index (Phi) is 2.67. The van der Waals surface area contributed by atoms with Gasteiger partial charge in [-0.25, -0.2) is 9.07 Å². The maximum Gasteiger partial charge on any atom is 0.233 e. The number of nitrogens with zero attached hydrogens (tertiary/aromatic N) is 2. The summed E-state index contributed by atoms with van der Waals surface area (Å²) >= 11 is 0. The van der Waals surface area contributed by atoms with Crippen LogP contribution >= 0.6 is 0 Å². The summed E-state index contributed by atoms with van der Waals surface area (Å²) in [5, 5.41) is 4.17. The van der Waals surface area contributed by atoms with Crippen molar-refractivity contribution in [2.75, 3.05) is 6.61 Å². The first kappa shape index (κ1) is 9.71. The molecule has 0 atom stereocenters. The molecule has 0 radical (unpaired) electrons. The lowest BCUT2D eigenvalue weighted by Crippen LogP contribution is -1.97. The topological polar surface area (TPSA) is 27.1 Å². The van der Waals surface area contributed by atoms with Crippen molar-refractivity contribution in [3.05, 3.63) is 42.3 Å². The number of ether oxygens (including phenoxy) is 1. The molecule has 15 heavy (non-hydrogen) atoms. The smallest absolute Gasteiger partial charge is 0.233 e. The van der Waals surface area contributed by atoms with E-state index >= 15 is 0 Å². The normalized spacial score (nSPS) is 10.3.